The van der Waals surface area contributed by atoms with E-state index in [0.29, 0.717) is 15.6 Å². The highest BCUT2D eigenvalue weighted by Gasteiger charge is 2.24. The molecule has 3 atom stereocenters. The molecule has 0 bridgehead atoms. The molecule has 0 saturated heterocycles. The summed E-state index contributed by atoms with van der Waals surface area (Å²) in [4.78, 5) is 0.995. The average Bonchev–Trinajstić information content (AvgIpc) is 2.03. The van der Waals surface area contributed by atoms with Crippen molar-refractivity contribution in [2.45, 2.75) is 29.9 Å². The van der Waals surface area contributed by atoms with Gasteiger partial charge in [0.25, 0.3) is 0 Å². The van der Waals surface area contributed by atoms with Crippen LogP contribution in [0.3, 0.4) is 0 Å². The third kappa shape index (κ3) is 3.21. The molecule has 13 heavy (non-hydrogen) atoms. The summed E-state index contributed by atoms with van der Waals surface area (Å²) >= 11 is 10.8. The van der Waals surface area contributed by atoms with Crippen molar-refractivity contribution in [3.05, 3.63) is 22.2 Å². The van der Waals surface area contributed by atoms with Crippen LogP contribution in [0.4, 0.5) is 0 Å². The van der Waals surface area contributed by atoms with E-state index in [1.165, 1.54) is 10.1 Å². The molecule has 3 unspecified atom stereocenters. The first-order valence-electron chi connectivity index (χ1n) is 4.37. The molecule has 0 spiro atoms. The molecule has 0 nitrogen and oxygen atoms in total. The van der Waals surface area contributed by atoms with Crippen LogP contribution in [0.1, 0.15) is 20.3 Å². The van der Waals surface area contributed by atoms with Crippen molar-refractivity contribution in [2.24, 2.45) is 5.92 Å². The first-order chi connectivity index (χ1) is 6.02. The second-order valence-electron chi connectivity index (χ2n) is 3.37. The first kappa shape index (κ1) is 12.0. The van der Waals surface area contributed by atoms with Gasteiger partial charge in [-0.05, 0) is 25.3 Å². The summed E-state index contributed by atoms with van der Waals surface area (Å²) < 4.78 is 1.21. The van der Waals surface area contributed by atoms with Gasteiger partial charge in [-0.15, -0.1) is 0 Å². The molecule has 0 fully saturated rings. The van der Waals surface area contributed by atoms with Crippen molar-refractivity contribution in [2.75, 3.05) is 0 Å². The van der Waals surface area contributed by atoms with Crippen molar-refractivity contribution < 1.29 is 0 Å². The molecule has 3 heteroatoms. The molecule has 0 aromatic rings. The largest absolute Gasteiger partial charge is 0.0887 e. The highest BCUT2D eigenvalue weighted by molar-refractivity contribution is 9.12. The molecule has 0 N–H and O–H groups in total. The lowest BCUT2D eigenvalue weighted by Crippen LogP contribution is -2.20. The van der Waals surface area contributed by atoms with Crippen molar-refractivity contribution in [3.8, 4) is 0 Å². The number of hydrogen-bond donors (Lipinski definition) is 0. The lowest BCUT2D eigenvalue weighted by molar-refractivity contribution is 0.602. The number of rotatable bonds is 2. The van der Waals surface area contributed by atoms with E-state index >= 15 is 0 Å². The first-order valence-corrected chi connectivity index (χ1v) is 7.00. The summed E-state index contributed by atoms with van der Waals surface area (Å²) in [6.07, 6.45) is 5.58. The van der Waals surface area contributed by atoms with Crippen molar-refractivity contribution in [1.82, 2.24) is 0 Å². The fourth-order valence-electron chi connectivity index (χ4n) is 1.56. The third-order valence-corrected chi connectivity index (χ3v) is 4.03. The number of hydrogen-bond acceptors (Lipinski definition) is 0. The average molecular weight is 373 g/mol. The molecule has 1 rings (SSSR count). The van der Waals surface area contributed by atoms with Gasteiger partial charge in [0.1, 0.15) is 0 Å². The maximum Gasteiger partial charge on any atom is 0.0333 e. The fraction of sp³-hybridized carbons (Fsp3) is 0.600. The van der Waals surface area contributed by atoms with Crippen molar-refractivity contribution >= 4 is 47.8 Å². The van der Waals surface area contributed by atoms with Gasteiger partial charge in [0, 0.05) is 14.1 Å². The van der Waals surface area contributed by atoms with Crippen LogP contribution in [0.5, 0.6) is 0 Å². The minimum atomic E-state index is 0.457. The highest BCUT2D eigenvalue weighted by atomic mass is 79.9. The van der Waals surface area contributed by atoms with E-state index < -0.39 is 0 Å². The molecule has 0 aromatic heterocycles. The molecular weight excluding hydrogens is 360 g/mol. The van der Waals surface area contributed by atoms with Crippen LogP contribution in [-0.4, -0.2) is 9.65 Å². The molecule has 0 amide bonds. The molecule has 0 radical (unpaired) electrons. The molecular formula is C10H13Br3. The van der Waals surface area contributed by atoms with Gasteiger partial charge < -0.3 is 0 Å². The summed E-state index contributed by atoms with van der Waals surface area (Å²) in [7, 11) is 0. The van der Waals surface area contributed by atoms with Gasteiger partial charge in [-0.3, -0.25) is 0 Å². The second kappa shape index (κ2) is 5.13. The van der Waals surface area contributed by atoms with Gasteiger partial charge in [-0.25, -0.2) is 0 Å². The van der Waals surface area contributed by atoms with E-state index in [1.54, 1.807) is 0 Å². The predicted molar refractivity (Wildman–Crippen MR) is 70.0 cm³/mol. The lowest BCUT2D eigenvalue weighted by atomic mass is 9.88. The Balaban J connectivity index is 2.86. The summed E-state index contributed by atoms with van der Waals surface area (Å²) in [5.74, 6) is 0.621. The van der Waals surface area contributed by atoms with Gasteiger partial charge in [0.05, 0.1) is 0 Å². The summed E-state index contributed by atoms with van der Waals surface area (Å²) in [6.45, 7) is 4.39. The number of allylic oxidation sites excluding steroid dienone is 4. The van der Waals surface area contributed by atoms with Gasteiger partial charge in [0.15, 0.2) is 0 Å². The van der Waals surface area contributed by atoms with Crippen LogP contribution < -0.4 is 0 Å². The fourth-order valence-corrected chi connectivity index (χ4v) is 3.01. The zero-order valence-corrected chi connectivity index (χ0v) is 12.5. The Hall–Kier alpha value is 0.920. The minimum absolute atomic E-state index is 0.457. The number of alkyl halides is 2. The zero-order valence-electron chi connectivity index (χ0n) is 7.73. The maximum absolute atomic E-state index is 3.66. The van der Waals surface area contributed by atoms with Crippen LogP contribution in [0.2, 0.25) is 0 Å². The van der Waals surface area contributed by atoms with Crippen LogP contribution >= 0.6 is 47.8 Å². The normalized spacial score (nSPS) is 27.6. The van der Waals surface area contributed by atoms with E-state index in [-0.39, 0.29) is 0 Å². The predicted octanol–water partition coefficient (Wildman–Crippen LogP) is 4.78. The van der Waals surface area contributed by atoms with Gasteiger partial charge in [-0.2, -0.15) is 0 Å². The third-order valence-electron chi connectivity index (χ3n) is 2.31. The standard InChI is InChI=1S/C10H13Br3/c1-6(11)9-4-3-8(13)5-10(9)7(2)12/h3,5-7,9H,4H2,1-2H3. The Kier molecular flexibility index (Phi) is 4.73. The molecule has 0 aliphatic heterocycles. The number of halogens is 3. The van der Waals surface area contributed by atoms with Crippen LogP contribution in [0, 0.1) is 5.92 Å². The maximum atomic E-state index is 3.66. The van der Waals surface area contributed by atoms with E-state index in [4.69, 9.17) is 0 Å². The van der Waals surface area contributed by atoms with Crippen LogP contribution in [-0.2, 0) is 0 Å². The quantitative estimate of drug-likeness (QED) is 0.612. The van der Waals surface area contributed by atoms with E-state index in [9.17, 15) is 0 Å². The van der Waals surface area contributed by atoms with E-state index in [2.05, 4.69) is 73.8 Å². The van der Waals surface area contributed by atoms with Gasteiger partial charge in [-0.1, -0.05) is 66.4 Å². The topological polar surface area (TPSA) is 0 Å². The minimum Gasteiger partial charge on any atom is -0.0887 e. The Morgan fingerprint density at radius 3 is 2.46 bits per heavy atom. The van der Waals surface area contributed by atoms with E-state index in [0.717, 1.165) is 6.42 Å². The monoisotopic (exact) mass is 370 g/mol. The van der Waals surface area contributed by atoms with E-state index in [1.807, 2.05) is 0 Å². The molecule has 1 aliphatic rings. The molecule has 0 heterocycles. The Morgan fingerprint density at radius 1 is 1.38 bits per heavy atom. The van der Waals surface area contributed by atoms with Gasteiger partial charge >= 0.3 is 0 Å². The van der Waals surface area contributed by atoms with Gasteiger partial charge in [0.2, 0.25) is 0 Å². The Morgan fingerprint density at radius 2 is 2.00 bits per heavy atom. The molecule has 74 valence electrons. The summed E-state index contributed by atoms with van der Waals surface area (Å²) in [6, 6.07) is 0. The Bertz CT molecular complexity index is 239. The zero-order chi connectivity index (χ0) is 10.0. The van der Waals surface area contributed by atoms with Crippen LogP contribution in [0.15, 0.2) is 22.2 Å². The lowest BCUT2D eigenvalue weighted by Gasteiger charge is -2.26. The smallest absolute Gasteiger partial charge is 0.0333 e. The van der Waals surface area contributed by atoms with Crippen LogP contribution in [0.25, 0.3) is 0 Å². The SMILES string of the molecule is CC(Br)C1=CC(Br)=CCC1C(C)Br. The van der Waals surface area contributed by atoms with Crippen molar-refractivity contribution in [1.29, 1.82) is 0 Å². The Labute approximate surface area is 105 Å². The molecule has 1 aliphatic carbocycles. The summed E-state index contributed by atoms with van der Waals surface area (Å²) in [5, 5.41) is 0. The molecule has 0 saturated carbocycles. The highest BCUT2D eigenvalue weighted by Crippen LogP contribution is 2.35. The van der Waals surface area contributed by atoms with Crippen molar-refractivity contribution in [3.63, 3.8) is 0 Å². The summed E-state index contributed by atoms with van der Waals surface area (Å²) in [5.41, 5.74) is 1.47. The second-order valence-corrected chi connectivity index (χ2v) is 7.10. The molecule has 0 aromatic carbocycles.